The monoisotopic (exact) mass is 302 g/mol. The molecule has 1 N–H and O–H groups in total. The summed E-state index contributed by atoms with van der Waals surface area (Å²) >= 11 is 0. The van der Waals surface area contributed by atoms with Crippen LogP contribution in [0.1, 0.15) is 31.0 Å². The van der Waals surface area contributed by atoms with Crippen LogP contribution in [0, 0.1) is 5.92 Å². The molecule has 1 aromatic heterocycles. The number of carboxylic acid groups (broad SMARTS) is 1. The highest BCUT2D eigenvalue weighted by Gasteiger charge is 2.41. The molecule has 116 valence electrons. The van der Waals surface area contributed by atoms with Crippen molar-refractivity contribution in [3.05, 3.63) is 29.6 Å². The van der Waals surface area contributed by atoms with Crippen LogP contribution in [0.25, 0.3) is 0 Å². The van der Waals surface area contributed by atoms with Crippen LogP contribution in [0.2, 0.25) is 0 Å². The van der Waals surface area contributed by atoms with Gasteiger partial charge in [-0.05, 0) is 45.0 Å². The number of piperidine rings is 1. The average Bonchev–Trinajstić information content (AvgIpc) is 2.41. The lowest BCUT2D eigenvalue weighted by Gasteiger charge is -2.45. The van der Waals surface area contributed by atoms with Crippen molar-refractivity contribution in [2.45, 2.75) is 31.5 Å². The van der Waals surface area contributed by atoms with E-state index in [4.69, 9.17) is 0 Å². The number of hydrogen-bond donors (Lipinski definition) is 1. The standard InChI is InChI=1S/C14H17F3N2O2/c1-13(7-9(12(20)21)5-6-19(13)2)10-3-4-11(18-8-10)14(15,16)17/h3-4,8-9H,5-7H2,1-2H3,(H,20,21). The third-order valence-electron chi connectivity index (χ3n) is 4.32. The molecule has 1 fully saturated rings. The van der Waals surface area contributed by atoms with Crippen molar-refractivity contribution in [1.82, 2.24) is 9.88 Å². The third-order valence-corrected chi connectivity index (χ3v) is 4.32. The van der Waals surface area contributed by atoms with E-state index in [1.165, 1.54) is 12.3 Å². The van der Waals surface area contributed by atoms with E-state index >= 15 is 0 Å². The van der Waals surface area contributed by atoms with Gasteiger partial charge in [-0.2, -0.15) is 13.2 Å². The molecule has 0 spiro atoms. The van der Waals surface area contributed by atoms with Crippen LogP contribution in [0.5, 0.6) is 0 Å². The second kappa shape index (κ2) is 5.29. The van der Waals surface area contributed by atoms with Gasteiger partial charge in [-0.25, -0.2) is 0 Å². The second-order valence-corrected chi connectivity index (χ2v) is 5.65. The number of alkyl halides is 3. The number of pyridine rings is 1. The SMILES string of the molecule is CN1CCC(C(=O)O)CC1(C)c1ccc(C(F)(F)F)nc1. The summed E-state index contributed by atoms with van der Waals surface area (Å²) in [6.45, 7) is 2.42. The molecule has 2 rings (SSSR count). The summed E-state index contributed by atoms with van der Waals surface area (Å²) in [5, 5.41) is 9.17. The number of carbonyl (C=O) groups is 1. The summed E-state index contributed by atoms with van der Waals surface area (Å²) < 4.78 is 37.7. The van der Waals surface area contributed by atoms with E-state index in [1.807, 2.05) is 18.9 Å². The molecule has 21 heavy (non-hydrogen) atoms. The summed E-state index contributed by atoms with van der Waals surface area (Å²) in [6, 6.07) is 2.33. The van der Waals surface area contributed by atoms with Gasteiger partial charge in [0.2, 0.25) is 0 Å². The topological polar surface area (TPSA) is 53.4 Å². The maximum Gasteiger partial charge on any atom is 0.433 e. The largest absolute Gasteiger partial charge is 0.481 e. The van der Waals surface area contributed by atoms with Crippen LogP contribution in [0.3, 0.4) is 0 Å². The Kier molecular flexibility index (Phi) is 3.97. The molecule has 1 aliphatic heterocycles. The summed E-state index contributed by atoms with van der Waals surface area (Å²) in [4.78, 5) is 16.6. The normalized spacial score (nSPS) is 27.6. The molecule has 0 radical (unpaired) electrons. The number of likely N-dealkylation sites (tertiary alicyclic amines) is 1. The zero-order chi connectivity index (χ0) is 15.8. The minimum absolute atomic E-state index is 0.353. The molecule has 0 saturated carbocycles. The van der Waals surface area contributed by atoms with Crippen LogP contribution in [-0.2, 0) is 16.5 Å². The number of hydrogen-bond acceptors (Lipinski definition) is 3. The highest BCUT2D eigenvalue weighted by Crippen LogP contribution is 2.39. The molecule has 2 heterocycles. The third kappa shape index (κ3) is 3.02. The molecule has 0 bridgehead atoms. The van der Waals surface area contributed by atoms with E-state index in [1.54, 1.807) is 0 Å². The molecular formula is C14H17F3N2O2. The van der Waals surface area contributed by atoms with E-state index in [9.17, 15) is 23.1 Å². The molecule has 2 unspecified atom stereocenters. The van der Waals surface area contributed by atoms with Gasteiger partial charge in [0.05, 0.1) is 5.92 Å². The number of aromatic nitrogens is 1. The van der Waals surface area contributed by atoms with Crippen LogP contribution >= 0.6 is 0 Å². The van der Waals surface area contributed by atoms with E-state index in [0.717, 1.165) is 6.07 Å². The van der Waals surface area contributed by atoms with Gasteiger partial charge < -0.3 is 5.11 Å². The summed E-state index contributed by atoms with van der Waals surface area (Å²) in [5.74, 6) is -1.36. The van der Waals surface area contributed by atoms with Crippen molar-refractivity contribution in [1.29, 1.82) is 0 Å². The van der Waals surface area contributed by atoms with Gasteiger partial charge in [-0.15, -0.1) is 0 Å². The maximum absolute atomic E-state index is 12.6. The van der Waals surface area contributed by atoms with E-state index in [2.05, 4.69) is 4.98 Å². The molecule has 0 aliphatic carbocycles. The van der Waals surface area contributed by atoms with Gasteiger partial charge >= 0.3 is 12.1 Å². The van der Waals surface area contributed by atoms with Crippen LogP contribution in [0.4, 0.5) is 13.2 Å². The van der Waals surface area contributed by atoms with Crippen molar-refractivity contribution in [3.63, 3.8) is 0 Å². The Bertz CT molecular complexity index is 530. The summed E-state index contributed by atoms with van der Waals surface area (Å²) in [5.41, 5.74) is -0.967. The van der Waals surface area contributed by atoms with Crippen LogP contribution < -0.4 is 0 Å². The lowest BCUT2D eigenvalue weighted by Crippen LogP contribution is -2.49. The van der Waals surface area contributed by atoms with Gasteiger partial charge in [-0.3, -0.25) is 14.7 Å². The Balaban J connectivity index is 2.31. The first-order chi connectivity index (χ1) is 9.64. The minimum atomic E-state index is -4.47. The maximum atomic E-state index is 12.6. The number of rotatable bonds is 2. The number of carboxylic acids is 1. The van der Waals surface area contributed by atoms with Gasteiger partial charge in [0.1, 0.15) is 5.69 Å². The molecule has 2 atom stereocenters. The van der Waals surface area contributed by atoms with Gasteiger partial charge in [0.15, 0.2) is 0 Å². The van der Waals surface area contributed by atoms with Crippen molar-refractivity contribution < 1.29 is 23.1 Å². The Morgan fingerprint density at radius 3 is 2.62 bits per heavy atom. The first-order valence-corrected chi connectivity index (χ1v) is 6.62. The molecule has 1 aliphatic rings. The first kappa shape index (κ1) is 15.8. The van der Waals surface area contributed by atoms with Crippen molar-refractivity contribution in [3.8, 4) is 0 Å². The smallest absolute Gasteiger partial charge is 0.433 e. The zero-order valence-electron chi connectivity index (χ0n) is 11.8. The fraction of sp³-hybridized carbons (Fsp3) is 0.571. The fourth-order valence-corrected chi connectivity index (χ4v) is 2.76. The molecule has 7 heteroatoms. The average molecular weight is 302 g/mol. The van der Waals surface area contributed by atoms with Gasteiger partial charge in [-0.1, -0.05) is 6.07 Å². The first-order valence-electron chi connectivity index (χ1n) is 6.62. The lowest BCUT2D eigenvalue weighted by molar-refractivity contribution is -0.145. The Morgan fingerprint density at radius 1 is 1.48 bits per heavy atom. The number of halogens is 3. The molecular weight excluding hydrogens is 285 g/mol. The van der Waals surface area contributed by atoms with Crippen molar-refractivity contribution >= 4 is 5.97 Å². The molecule has 4 nitrogen and oxygen atoms in total. The summed E-state index contributed by atoms with van der Waals surface area (Å²) in [7, 11) is 1.84. The number of aliphatic carboxylic acids is 1. The Labute approximate surface area is 120 Å². The highest BCUT2D eigenvalue weighted by atomic mass is 19.4. The van der Waals surface area contributed by atoms with Crippen LogP contribution in [-0.4, -0.2) is 34.6 Å². The zero-order valence-corrected chi connectivity index (χ0v) is 11.8. The van der Waals surface area contributed by atoms with Gasteiger partial charge in [0, 0.05) is 11.7 Å². The fourth-order valence-electron chi connectivity index (χ4n) is 2.76. The van der Waals surface area contributed by atoms with E-state index in [-0.39, 0.29) is 0 Å². The highest BCUT2D eigenvalue weighted by molar-refractivity contribution is 5.70. The van der Waals surface area contributed by atoms with Crippen molar-refractivity contribution in [2.75, 3.05) is 13.6 Å². The molecule has 0 aromatic carbocycles. The Morgan fingerprint density at radius 2 is 2.14 bits per heavy atom. The van der Waals surface area contributed by atoms with E-state index in [0.29, 0.717) is 24.9 Å². The molecule has 0 amide bonds. The Hall–Kier alpha value is -1.63. The quantitative estimate of drug-likeness (QED) is 0.912. The second-order valence-electron chi connectivity index (χ2n) is 5.65. The van der Waals surface area contributed by atoms with Crippen molar-refractivity contribution in [2.24, 2.45) is 5.92 Å². The number of nitrogens with zero attached hydrogens (tertiary/aromatic N) is 2. The lowest BCUT2D eigenvalue weighted by atomic mass is 9.77. The molecule has 1 aromatic rings. The predicted molar refractivity (Wildman–Crippen MR) is 69.6 cm³/mol. The summed E-state index contributed by atoms with van der Waals surface area (Å²) in [6.07, 6.45) is -2.38. The molecule has 1 saturated heterocycles. The van der Waals surface area contributed by atoms with Crippen LogP contribution in [0.15, 0.2) is 18.3 Å². The van der Waals surface area contributed by atoms with Gasteiger partial charge in [0.25, 0.3) is 0 Å². The van der Waals surface area contributed by atoms with E-state index < -0.39 is 29.3 Å². The predicted octanol–water partition coefficient (Wildman–Crippen LogP) is 2.74. The minimum Gasteiger partial charge on any atom is -0.481 e.